The standard InChI is InChI=1S/C22H23ClF3N3O3S/c23-19-16(25)6-5-15(24)18(19)21(30)28-13-22(20-17(26)2-1-9-27-20)7-10-29(11-8-22)33(31,32)12-14-3-4-14/h1-2,5-6,9,14H,3-4,7-8,10-13H2,(H,28,30). The fourth-order valence-electron chi connectivity index (χ4n) is 4.23. The molecule has 6 nitrogen and oxygen atoms in total. The van der Waals surface area contributed by atoms with E-state index in [1.165, 1.54) is 22.6 Å². The fraction of sp³-hybridized carbons (Fsp3) is 0.455. The van der Waals surface area contributed by atoms with Crippen molar-refractivity contribution in [3.05, 3.63) is 64.2 Å². The van der Waals surface area contributed by atoms with Crippen molar-refractivity contribution < 1.29 is 26.4 Å². The largest absolute Gasteiger partial charge is 0.351 e. The lowest BCUT2D eigenvalue weighted by molar-refractivity contribution is 0.0926. The summed E-state index contributed by atoms with van der Waals surface area (Å²) in [6.07, 6.45) is 3.62. The molecule has 1 amide bonds. The van der Waals surface area contributed by atoms with Gasteiger partial charge in [-0.15, -0.1) is 0 Å². The predicted molar refractivity (Wildman–Crippen MR) is 117 cm³/mol. The van der Waals surface area contributed by atoms with Gasteiger partial charge in [-0.2, -0.15) is 0 Å². The molecule has 1 aromatic heterocycles. The molecule has 0 radical (unpaired) electrons. The zero-order chi connectivity index (χ0) is 23.8. The van der Waals surface area contributed by atoms with Crippen LogP contribution in [0.4, 0.5) is 13.2 Å². The Morgan fingerprint density at radius 3 is 2.42 bits per heavy atom. The van der Waals surface area contributed by atoms with Crippen LogP contribution in [-0.2, 0) is 15.4 Å². The Morgan fingerprint density at radius 2 is 1.79 bits per heavy atom. The van der Waals surface area contributed by atoms with E-state index >= 15 is 0 Å². The lowest BCUT2D eigenvalue weighted by atomic mass is 9.75. The maximum Gasteiger partial charge on any atom is 0.255 e. The van der Waals surface area contributed by atoms with Crippen molar-refractivity contribution in [3.63, 3.8) is 0 Å². The summed E-state index contributed by atoms with van der Waals surface area (Å²) in [5.74, 6) is -3.17. The summed E-state index contributed by atoms with van der Waals surface area (Å²) in [7, 11) is -3.43. The van der Waals surface area contributed by atoms with Gasteiger partial charge in [-0.25, -0.2) is 25.9 Å². The van der Waals surface area contributed by atoms with Crippen LogP contribution >= 0.6 is 11.6 Å². The van der Waals surface area contributed by atoms with Crippen LogP contribution in [0.25, 0.3) is 0 Å². The zero-order valence-corrected chi connectivity index (χ0v) is 19.2. The van der Waals surface area contributed by atoms with Gasteiger partial charge in [-0.3, -0.25) is 9.78 Å². The van der Waals surface area contributed by atoms with E-state index in [1.54, 1.807) is 0 Å². The van der Waals surface area contributed by atoms with Crippen LogP contribution in [0.5, 0.6) is 0 Å². The number of hydrogen-bond donors (Lipinski definition) is 1. The molecule has 1 aliphatic heterocycles. The molecule has 33 heavy (non-hydrogen) atoms. The second kappa shape index (κ2) is 9.23. The minimum atomic E-state index is -3.43. The second-order valence-corrected chi connectivity index (χ2v) is 11.0. The van der Waals surface area contributed by atoms with Crippen LogP contribution < -0.4 is 5.32 Å². The quantitative estimate of drug-likeness (QED) is 0.587. The molecule has 1 aliphatic carbocycles. The molecule has 1 N–H and O–H groups in total. The number of hydrogen-bond acceptors (Lipinski definition) is 4. The van der Waals surface area contributed by atoms with Crippen LogP contribution in [0.2, 0.25) is 5.02 Å². The van der Waals surface area contributed by atoms with Crippen molar-refractivity contribution in [2.75, 3.05) is 25.4 Å². The molecule has 2 fully saturated rings. The summed E-state index contributed by atoms with van der Waals surface area (Å²) >= 11 is 5.79. The summed E-state index contributed by atoms with van der Waals surface area (Å²) in [6.45, 7) is 0.120. The van der Waals surface area contributed by atoms with Crippen LogP contribution in [-0.4, -0.2) is 49.0 Å². The molecular weight excluding hydrogens is 479 g/mol. The summed E-state index contributed by atoms with van der Waals surface area (Å²) in [4.78, 5) is 16.8. The molecule has 0 spiro atoms. The highest BCUT2D eigenvalue weighted by atomic mass is 35.5. The molecular formula is C22H23ClF3N3O3S. The number of carbonyl (C=O) groups is 1. The molecule has 0 unspecified atom stereocenters. The van der Waals surface area contributed by atoms with Crippen LogP contribution in [0.1, 0.15) is 41.7 Å². The SMILES string of the molecule is O=C(NCC1(c2ncccc2F)CCN(S(=O)(=O)CC2CC2)CC1)c1c(F)ccc(F)c1Cl. The van der Waals surface area contributed by atoms with Gasteiger partial charge in [0.05, 0.1) is 22.0 Å². The Kier molecular flexibility index (Phi) is 6.70. The molecule has 1 saturated heterocycles. The molecule has 0 bridgehead atoms. The average molecular weight is 502 g/mol. The molecule has 2 aromatic rings. The van der Waals surface area contributed by atoms with E-state index in [4.69, 9.17) is 11.6 Å². The molecule has 2 heterocycles. The summed E-state index contributed by atoms with van der Waals surface area (Å²) in [6, 6.07) is 4.29. The third-order valence-electron chi connectivity index (χ3n) is 6.34. The highest BCUT2D eigenvalue weighted by molar-refractivity contribution is 7.89. The Bertz CT molecular complexity index is 1170. The number of amides is 1. The van der Waals surface area contributed by atoms with E-state index in [-0.39, 0.29) is 49.8 Å². The van der Waals surface area contributed by atoms with Gasteiger partial charge < -0.3 is 5.32 Å². The molecule has 2 aliphatic rings. The number of piperidine rings is 1. The molecule has 1 saturated carbocycles. The monoisotopic (exact) mass is 501 g/mol. The van der Waals surface area contributed by atoms with Gasteiger partial charge in [-0.05, 0) is 55.9 Å². The number of halogens is 4. The minimum absolute atomic E-state index is 0.0929. The van der Waals surface area contributed by atoms with E-state index in [0.717, 1.165) is 25.0 Å². The maximum atomic E-state index is 14.7. The minimum Gasteiger partial charge on any atom is -0.351 e. The van der Waals surface area contributed by atoms with E-state index in [2.05, 4.69) is 10.3 Å². The lowest BCUT2D eigenvalue weighted by Gasteiger charge is -2.41. The second-order valence-electron chi connectivity index (χ2n) is 8.64. The lowest BCUT2D eigenvalue weighted by Crippen LogP contribution is -2.51. The number of benzene rings is 1. The zero-order valence-electron chi connectivity index (χ0n) is 17.7. The number of sulfonamides is 1. The normalized spacial score (nSPS) is 18.8. The maximum absolute atomic E-state index is 14.7. The Morgan fingerprint density at radius 1 is 1.12 bits per heavy atom. The predicted octanol–water partition coefficient (Wildman–Crippen LogP) is 3.66. The third kappa shape index (κ3) is 5.02. The molecule has 0 atom stereocenters. The van der Waals surface area contributed by atoms with Crippen molar-refractivity contribution in [3.8, 4) is 0 Å². The van der Waals surface area contributed by atoms with Crippen LogP contribution in [0.3, 0.4) is 0 Å². The van der Waals surface area contributed by atoms with Gasteiger partial charge in [0.25, 0.3) is 5.91 Å². The van der Waals surface area contributed by atoms with Crippen LogP contribution in [0, 0.1) is 23.4 Å². The van der Waals surface area contributed by atoms with Gasteiger partial charge in [0.2, 0.25) is 10.0 Å². The Hall–Kier alpha value is -2.17. The van der Waals surface area contributed by atoms with Crippen molar-refractivity contribution in [2.45, 2.75) is 31.1 Å². The highest BCUT2D eigenvalue weighted by Gasteiger charge is 2.43. The first-order valence-corrected chi connectivity index (χ1v) is 12.6. The first-order chi connectivity index (χ1) is 15.6. The Labute approximate surface area is 195 Å². The number of aromatic nitrogens is 1. The molecule has 11 heteroatoms. The van der Waals surface area contributed by atoms with E-state index in [0.29, 0.717) is 0 Å². The smallest absolute Gasteiger partial charge is 0.255 e. The van der Waals surface area contributed by atoms with Crippen molar-refractivity contribution in [1.82, 2.24) is 14.6 Å². The topological polar surface area (TPSA) is 79.4 Å². The van der Waals surface area contributed by atoms with Crippen molar-refractivity contribution >= 4 is 27.5 Å². The Balaban J connectivity index is 1.56. The summed E-state index contributed by atoms with van der Waals surface area (Å²) < 4.78 is 69.4. The fourth-order valence-corrected chi connectivity index (χ4v) is 6.34. The first-order valence-electron chi connectivity index (χ1n) is 10.6. The van der Waals surface area contributed by atoms with Crippen molar-refractivity contribution in [1.29, 1.82) is 0 Å². The van der Waals surface area contributed by atoms with Gasteiger partial charge >= 0.3 is 0 Å². The highest BCUT2D eigenvalue weighted by Crippen LogP contribution is 2.38. The average Bonchev–Trinajstić information content (AvgIpc) is 3.59. The molecule has 1 aromatic carbocycles. The van der Waals surface area contributed by atoms with Crippen molar-refractivity contribution in [2.24, 2.45) is 5.92 Å². The number of nitrogens with zero attached hydrogens (tertiary/aromatic N) is 2. The van der Waals surface area contributed by atoms with Gasteiger partial charge in [0.1, 0.15) is 17.5 Å². The van der Waals surface area contributed by atoms with Gasteiger partial charge in [-0.1, -0.05) is 11.6 Å². The van der Waals surface area contributed by atoms with Crippen LogP contribution in [0.15, 0.2) is 30.5 Å². The first kappa shape index (κ1) is 24.0. The molecule has 178 valence electrons. The van der Waals surface area contributed by atoms with E-state index in [1.807, 2.05) is 0 Å². The number of pyridine rings is 1. The number of rotatable bonds is 7. The third-order valence-corrected chi connectivity index (χ3v) is 8.75. The van der Waals surface area contributed by atoms with Gasteiger partial charge in [0.15, 0.2) is 0 Å². The van der Waals surface area contributed by atoms with E-state index < -0.39 is 49.4 Å². The number of nitrogens with one attached hydrogen (secondary N) is 1. The molecule has 4 rings (SSSR count). The summed E-state index contributed by atoms with van der Waals surface area (Å²) in [5.41, 5.74) is -1.57. The van der Waals surface area contributed by atoms with E-state index in [9.17, 15) is 26.4 Å². The number of carbonyl (C=O) groups excluding carboxylic acids is 1. The van der Waals surface area contributed by atoms with Gasteiger partial charge in [0, 0.05) is 31.2 Å². The summed E-state index contributed by atoms with van der Waals surface area (Å²) in [5, 5.41) is 1.89.